The molecule has 1 aromatic rings. The molecular formula is C21H26. The fraction of sp³-hybridized carbons (Fsp3) is 0.286. The molecule has 0 nitrogen and oxygen atoms in total. The molecule has 0 unspecified atom stereocenters. The van der Waals surface area contributed by atoms with Crippen molar-refractivity contribution in [2.75, 3.05) is 0 Å². The monoisotopic (exact) mass is 278 g/mol. The summed E-state index contributed by atoms with van der Waals surface area (Å²) in [6.45, 7) is 16.4. The quantitative estimate of drug-likeness (QED) is 0.460. The van der Waals surface area contributed by atoms with E-state index in [0.29, 0.717) is 0 Å². The number of allylic oxidation sites excluding steroid dienone is 4. The van der Waals surface area contributed by atoms with Gasteiger partial charge in [-0.05, 0) is 58.4 Å². The Morgan fingerprint density at radius 2 is 1.43 bits per heavy atom. The van der Waals surface area contributed by atoms with E-state index in [2.05, 4.69) is 43.2 Å². The first-order valence-electron chi connectivity index (χ1n) is 7.88. The van der Waals surface area contributed by atoms with Crippen molar-refractivity contribution in [1.29, 1.82) is 0 Å². The molecule has 110 valence electrons. The molecule has 0 heteroatoms. The summed E-state index contributed by atoms with van der Waals surface area (Å²) in [4.78, 5) is 0. The Kier molecular flexibility index (Phi) is 6.72. The molecule has 3 rings (SSSR count). The topological polar surface area (TPSA) is 0 Å². The van der Waals surface area contributed by atoms with Gasteiger partial charge in [0.05, 0.1) is 0 Å². The van der Waals surface area contributed by atoms with Crippen molar-refractivity contribution in [3.8, 4) is 0 Å². The SMILES string of the molecule is C=C1CC=C=Cc2ccc3c(c21)C(=C)CC=C3.CC.CC. The Morgan fingerprint density at radius 3 is 2.14 bits per heavy atom. The molecule has 0 bridgehead atoms. The van der Waals surface area contributed by atoms with Gasteiger partial charge < -0.3 is 0 Å². The predicted octanol–water partition coefficient (Wildman–Crippen LogP) is 6.75. The summed E-state index contributed by atoms with van der Waals surface area (Å²) in [7, 11) is 0. The standard InChI is InChI=1S/C17H14.2C2H6/c1-12-6-3-4-8-14-10-11-15-9-5-7-13(2)17(15)16(12)14;2*1-2/h3,5,8-11H,1-2,6-7H2;2*1-2H3. The van der Waals surface area contributed by atoms with E-state index < -0.39 is 0 Å². The van der Waals surface area contributed by atoms with Gasteiger partial charge in [-0.25, -0.2) is 0 Å². The maximum Gasteiger partial charge on any atom is -0.00207 e. The number of hydrogen-bond acceptors (Lipinski definition) is 0. The Bertz CT molecular complexity index is 618. The Morgan fingerprint density at radius 1 is 0.857 bits per heavy atom. The van der Waals surface area contributed by atoms with Crippen LogP contribution in [-0.2, 0) is 0 Å². The van der Waals surface area contributed by atoms with Crippen LogP contribution in [0.25, 0.3) is 23.3 Å². The fourth-order valence-electron chi connectivity index (χ4n) is 2.52. The molecule has 0 N–H and O–H groups in total. The predicted molar refractivity (Wildman–Crippen MR) is 98.0 cm³/mol. The molecule has 0 heterocycles. The van der Waals surface area contributed by atoms with Gasteiger partial charge in [-0.15, -0.1) is 5.73 Å². The largest absolute Gasteiger partial charge is 0.124 e. The molecule has 0 fully saturated rings. The van der Waals surface area contributed by atoms with Crippen LogP contribution in [0.5, 0.6) is 0 Å². The number of hydrogen-bond donors (Lipinski definition) is 0. The van der Waals surface area contributed by atoms with Gasteiger partial charge in [0.25, 0.3) is 0 Å². The second-order valence-electron chi connectivity index (χ2n) is 4.53. The van der Waals surface area contributed by atoms with Gasteiger partial charge in [-0.1, -0.05) is 65.1 Å². The molecule has 0 atom stereocenters. The van der Waals surface area contributed by atoms with Crippen molar-refractivity contribution in [1.82, 2.24) is 0 Å². The van der Waals surface area contributed by atoms with Gasteiger partial charge in [-0.2, -0.15) is 0 Å². The number of fused-ring (bicyclic) bond motifs is 3. The number of benzene rings is 1. The van der Waals surface area contributed by atoms with Gasteiger partial charge in [0.2, 0.25) is 0 Å². The Hall–Kier alpha value is -2.04. The van der Waals surface area contributed by atoms with Crippen molar-refractivity contribution >= 4 is 23.3 Å². The first-order chi connectivity index (χ1) is 10.3. The van der Waals surface area contributed by atoms with Crippen molar-refractivity contribution in [2.24, 2.45) is 0 Å². The summed E-state index contributed by atoms with van der Waals surface area (Å²) < 4.78 is 0. The average molecular weight is 278 g/mol. The van der Waals surface area contributed by atoms with Gasteiger partial charge in [0.15, 0.2) is 0 Å². The van der Waals surface area contributed by atoms with Gasteiger partial charge in [0, 0.05) is 0 Å². The average Bonchev–Trinajstić information content (AvgIpc) is 2.73. The lowest BCUT2D eigenvalue weighted by molar-refractivity contribution is 1.32. The van der Waals surface area contributed by atoms with Crippen molar-refractivity contribution < 1.29 is 0 Å². The molecule has 0 saturated carbocycles. The molecular weight excluding hydrogens is 252 g/mol. The first-order valence-corrected chi connectivity index (χ1v) is 7.88. The third kappa shape index (κ3) is 3.54. The molecule has 2 aliphatic carbocycles. The third-order valence-corrected chi connectivity index (χ3v) is 3.34. The summed E-state index contributed by atoms with van der Waals surface area (Å²) in [5.41, 5.74) is 10.6. The second kappa shape index (κ2) is 8.29. The molecule has 0 aliphatic heterocycles. The zero-order chi connectivity index (χ0) is 15.8. The summed E-state index contributed by atoms with van der Waals surface area (Å²) >= 11 is 0. The molecule has 0 saturated heterocycles. The minimum atomic E-state index is 0.872. The first kappa shape index (κ1) is 17.0. The fourth-order valence-corrected chi connectivity index (χ4v) is 2.52. The van der Waals surface area contributed by atoms with Crippen LogP contribution in [0.1, 0.15) is 62.8 Å². The minimum Gasteiger partial charge on any atom is -0.124 e. The van der Waals surface area contributed by atoms with Gasteiger partial charge >= 0.3 is 0 Å². The van der Waals surface area contributed by atoms with Crippen LogP contribution >= 0.6 is 0 Å². The lowest BCUT2D eigenvalue weighted by Crippen LogP contribution is -2.00. The summed E-state index contributed by atoms with van der Waals surface area (Å²) in [6.07, 6.45) is 10.2. The molecule has 21 heavy (non-hydrogen) atoms. The molecule has 0 spiro atoms. The Labute approximate surface area is 129 Å². The highest BCUT2D eigenvalue weighted by atomic mass is 14.2. The van der Waals surface area contributed by atoms with E-state index in [4.69, 9.17) is 0 Å². The lowest BCUT2D eigenvalue weighted by atomic mass is 9.84. The second-order valence-corrected chi connectivity index (χ2v) is 4.53. The molecule has 0 radical (unpaired) electrons. The van der Waals surface area contributed by atoms with E-state index in [0.717, 1.165) is 18.4 Å². The van der Waals surface area contributed by atoms with E-state index in [1.54, 1.807) is 0 Å². The summed E-state index contributed by atoms with van der Waals surface area (Å²) in [5.74, 6) is 0. The van der Waals surface area contributed by atoms with E-state index >= 15 is 0 Å². The van der Waals surface area contributed by atoms with Crippen molar-refractivity contribution in [3.63, 3.8) is 0 Å². The maximum atomic E-state index is 4.20. The van der Waals surface area contributed by atoms with Crippen LogP contribution in [0, 0.1) is 0 Å². The highest BCUT2D eigenvalue weighted by Gasteiger charge is 2.17. The highest BCUT2D eigenvalue weighted by molar-refractivity contribution is 5.90. The van der Waals surface area contributed by atoms with E-state index in [1.165, 1.54) is 27.8 Å². The summed E-state index contributed by atoms with van der Waals surface area (Å²) in [6, 6.07) is 4.31. The van der Waals surface area contributed by atoms with E-state index in [1.807, 2.05) is 39.8 Å². The zero-order valence-electron chi connectivity index (χ0n) is 13.8. The minimum absolute atomic E-state index is 0.872. The van der Waals surface area contributed by atoms with Crippen LogP contribution in [0.2, 0.25) is 0 Å². The smallest absolute Gasteiger partial charge is 0.00207 e. The van der Waals surface area contributed by atoms with Crippen LogP contribution in [0.3, 0.4) is 0 Å². The zero-order valence-corrected chi connectivity index (χ0v) is 13.8. The number of rotatable bonds is 0. The van der Waals surface area contributed by atoms with Crippen LogP contribution in [0.4, 0.5) is 0 Å². The van der Waals surface area contributed by atoms with Crippen LogP contribution in [-0.4, -0.2) is 0 Å². The van der Waals surface area contributed by atoms with Crippen LogP contribution in [0.15, 0.2) is 43.2 Å². The lowest BCUT2D eigenvalue weighted by Gasteiger charge is -2.20. The van der Waals surface area contributed by atoms with Crippen molar-refractivity contribution in [3.05, 3.63) is 65.4 Å². The summed E-state index contributed by atoms with van der Waals surface area (Å²) in [5, 5.41) is 0. The maximum absolute atomic E-state index is 4.20. The van der Waals surface area contributed by atoms with Crippen LogP contribution < -0.4 is 0 Å². The van der Waals surface area contributed by atoms with E-state index in [9.17, 15) is 0 Å². The molecule has 1 aromatic carbocycles. The molecule has 2 aliphatic rings. The van der Waals surface area contributed by atoms with Crippen molar-refractivity contribution in [2.45, 2.75) is 40.5 Å². The Balaban J connectivity index is 0.000000510. The molecule has 0 aromatic heterocycles. The van der Waals surface area contributed by atoms with Gasteiger partial charge in [-0.3, -0.25) is 0 Å². The highest BCUT2D eigenvalue weighted by Crippen LogP contribution is 2.37. The normalized spacial score (nSPS) is 14.1. The molecule has 0 amide bonds. The van der Waals surface area contributed by atoms with Gasteiger partial charge in [0.1, 0.15) is 0 Å². The van der Waals surface area contributed by atoms with E-state index in [-0.39, 0.29) is 0 Å². The third-order valence-electron chi connectivity index (χ3n) is 3.34.